The fraction of sp³-hybridized carbons (Fsp3) is 0.188. The van der Waals surface area contributed by atoms with E-state index in [0.717, 1.165) is 0 Å². The third-order valence-corrected chi connectivity index (χ3v) is 3.30. The molecule has 0 spiro atoms. The molecule has 3 nitrogen and oxygen atoms in total. The van der Waals surface area contributed by atoms with Crippen LogP contribution in [0.4, 0.5) is 14.5 Å². The Labute approximate surface area is 135 Å². The molecule has 6 heteroatoms. The molecule has 0 N–H and O–H groups in total. The van der Waals surface area contributed by atoms with Gasteiger partial charge in [0.05, 0.1) is 19.9 Å². The van der Waals surface area contributed by atoms with Crippen molar-refractivity contribution in [3.8, 4) is 11.5 Å². The van der Waals surface area contributed by atoms with Crippen molar-refractivity contribution in [2.45, 2.75) is 4.83 Å². The maximum absolute atomic E-state index is 13.9. The number of rotatable bonds is 5. The number of nitrogens with zero attached hydrogens (tertiary/aromatic N) is 1. The molecule has 116 valence electrons. The van der Waals surface area contributed by atoms with E-state index in [9.17, 15) is 8.78 Å². The van der Waals surface area contributed by atoms with Gasteiger partial charge in [-0.15, -0.1) is 0 Å². The Morgan fingerprint density at radius 1 is 1.00 bits per heavy atom. The lowest BCUT2D eigenvalue weighted by molar-refractivity contribution is 0.194. The molecule has 0 saturated carbocycles. The molecular weight excluding hydrogens is 356 g/mol. The fourth-order valence-electron chi connectivity index (χ4n) is 1.85. The maximum Gasteiger partial charge on any atom is 0.343 e. The number of methoxy groups -OCH3 is 2. The van der Waals surface area contributed by atoms with E-state index in [-0.39, 0.29) is 5.56 Å². The van der Waals surface area contributed by atoms with Crippen LogP contribution < -0.4 is 9.47 Å². The van der Waals surface area contributed by atoms with Crippen molar-refractivity contribution in [2.75, 3.05) is 14.2 Å². The molecule has 0 radical (unpaired) electrons. The molecule has 0 unspecified atom stereocenters. The minimum Gasteiger partial charge on any atom is -0.497 e. The average Bonchev–Trinajstić information content (AvgIpc) is 2.52. The molecule has 0 aliphatic rings. The van der Waals surface area contributed by atoms with E-state index in [4.69, 9.17) is 9.47 Å². The van der Waals surface area contributed by atoms with Gasteiger partial charge in [0.2, 0.25) is 0 Å². The Kier molecular flexibility index (Phi) is 5.13. The molecule has 0 fully saturated rings. The molecule has 0 aliphatic carbocycles. The second kappa shape index (κ2) is 6.87. The number of alkyl halides is 3. The summed E-state index contributed by atoms with van der Waals surface area (Å²) in [5.74, 6) is 1.11. The summed E-state index contributed by atoms with van der Waals surface area (Å²) in [4.78, 5) is 0.795. The predicted octanol–water partition coefficient (Wildman–Crippen LogP) is 4.81. The standard InChI is InChI=1S/C16H14BrF2NO2/c1-21-13-8-6-12(7-9-13)20-15(16(17,18)19)11-4-3-5-14(10-11)22-2/h3-10H,1-2H3. The lowest BCUT2D eigenvalue weighted by Crippen LogP contribution is -2.22. The van der Waals surface area contributed by atoms with Gasteiger partial charge in [-0.3, -0.25) is 0 Å². The summed E-state index contributed by atoms with van der Waals surface area (Å²) in [6.07, 6.45) is 0. The number of ether oxygens (including phenoxy) is 2. The molecule has 0 aliphatic heterocycles. The second-order valence-corrected chi connectivity index (χ2v) is 5.38. The first kappa shape index (κ1) is 16.4. The maximum atomic E-state index is 13.9. The van der Waals surface area contributed by atoms with Gasteiger partial charge >= 0.3 is 4.83 Å². The van der Waals surface area contributed by atoms with Crippen LogP contribution in [0, 0.1) is 0 Å². The van der Waals surface area contributed by atoms with E-state index in [1.807, 2.05) is 0 Å². The summed E-state index contributed by atoms with van der Waals surface area (Å²) in [6.45, 7) is 0. The van der Waals surface area contributed by atoms with Crippen LogP contribution >= 0.6 is 15.9 Å². The van der Waals surface area contributed by atoms with Gasteiger partial charge < -0.3 is 9.47 Å². The Bertz CT molecular complexity index is 667. The van der Waals surface area contributed by atoms with Gasteiger partial charge in [-0.25, -0.2) is 4.99 Å². The van der Waals surface area contributed by atoms with Crippen molar-refractivity contribution < 1.29 is 18.3 Å². The van der Waals surface area contributed by atoms with Gasteiger partial charge in [-0.05, 0) is 52.3 Å². The largest absolute Gasteiger partial charge is 0.497 e. The Hall–Kier alpha value is -1.95. The molecule has 0 atom stereocenters. The molecular formula is C16H14BrF2NO2. The number of hydrogen-bond acceptors (Lipinski definition) is 3. The summed E-state index contributed by atoms with van der Waals surface area (Å²) in [5, 5.41) is 0. The van der Waals surface area contributed by atoms with E-state index >= 15 is 0 Å². The molecule has 2 aromatic rings. The first-order valence-electron chi connectivity index (χ1n) is 6.38. The highest BCUT2D eigenvalue weighted by Gasteiger charge is 2.33. The predicted molar refractivity (Wildman–Crippen MR) is 86.1 cm³/mol. The van der Waals surface area contributed by atoms with Crippen molar-refractivity contribution in [2.24, 2.45) is 4.99 Å². The fourth-order valence-corrected chi connectivity index (χ4v) is 2.17. The molecule has 0 heterocycles. The van der Waals surface area contributed by atoms with E-state index in [0.29, 0.717) is 17.2 Å². The molecule has 0 aromatic heterocycles. The second-order valence-electron chi connectivity index (χ2n) is 4.39. The van der Waals surface area contributed by atoms with Crippen molar-refractivity contribution in [1.29, 1.82) is 0 Å². The average molecular weight is 370 g/mol. The number of aliphatic imine (C=N–C) groups is 1. The van der Waals surface area contributed by atoms with Crippen LogP contribution in [0.15, 0.2) is 53.5 Å². The number of halogens is 3. The van der Waals surface area contributed by atoms with E-state index < -0.39 is 10.5 Å². The van der Waals surface area contributed by atoms with Crippen LogP contribution in [0.1, 0.15) is 5.56 Å². The summed E-state index contributed by atoms with van der Waals surface area (Å²) in [7, 11) is 3.01. The van der Waals surface area contributed by atoms with Gasteiger partial charge in [0.25, 0.3) is 0 Å². The van der Waals surface area contributed by atoms with Crippen LogP contribution in [0.5, 0.6) is 11.5 Å². The molecule has 0 bridgehead atoms. The van der Waals surface area contributed by atoms with Crippen molar-refractivity contribution in [1.82, 2.24) is 0 Å². The molecule has 0 amide bonds. The first-order valence-corrected chi connectivity index (χ1v) is 7.17. The third-order valence-electron chi connectivity index (χ3n) is 2.93. The van der Waals surface area contributed by atoms with Crippen LogP contribution in [-0.4, -0.2) is 24.8 Å². The summed E-state index contributed by atoms with van der Waals surface area (Å²) in [5.41, 5.74) is 0.284. The lowest BCUT2D eigenvalue weighted by atomic mass is 10.1. The highest BCUT2D eigenvalue weighted by Crippen LogP contribution is 2.31. The highest BCUT2D eigenvalue weighted by molar-refractivity contribution is 9.10. The Balaban J connectivity index is 2.47. The van der Waals surface area contributed by atoms with Crippen LogP contribution in [0.3, 0.4) is 0 Å². The third kappa shape index (κ3) is 4.04. The van der Waals surface area contributed by atoms with Gasteiger partial charge in [-0.1, -0.05) is 12.1 Å². The van der Waals surface area contributed by atoms with Crippen LogP contribution in [-0.2, 0) is 0 Å². The van der Waals surface area contributed by atoms with E-state index in [1.54, 1.807) is 42.5 Å². The van der Waals surface area contributed by atoms with Gasteiger partial charge in [-0.2, -0.15) is 8.78 Å². The molecule has 0 saturated heterocycles. The zero-order valence-electron chi connectivity index (χ0n) is 12.0. The highest BCUT2D eigenvalue weighted by atomic mass is 79.9. The molecule has 22 heavy (non-hydrogen) atoms. The van der Waals surface area contributed by atoms with Crippen LogP contribution in [0.25, 0.3) is 0 Å². The Morgan fingerprint density at radius 2 is 1.64 bits per heavy atom. The smallest absolute Gasteiger partial charge is 0.343 e. The van der Waals surface area contributed by atoms with Gasteiger partial charge in [0.1, 0.15) is 17.2 Å². The molecule has 2 aromatic carbocycles. The molecule has 2 rings (SSSR count). The topological polar surface area (TPSA) is 30.8 Å². The first-order chi connectivity index (χ1) is 10.4. The number of hydrogen-bond donors (Lipinski definition) is 0. The zero-order valence-corrected chi connectivity index (χ0v) is 13.6. The summed E-state index contributed by atoms with van der Waals surface area (Å²) < 4.78 is 37.8. The monoisotopic (exact) mass is 369 g/mol. The minimum absolute atomic E-state index is 0.275. The van der Waals surface area contributed by atoms with E-state index in [2.05, 4.69) is 20.9 Å². The van der Waals surface area contributed by atoms with Crippen molar-refractivity contribution >= 4 is 27.3 Å². The van der Waals surface area contributed by atoms with E-state index in [1.165, 1.54) is 20.3 Å². The van der Waals surface area contributed by atoms with Crippen LogP contribution in [0.2, 0.25) is 0 Å². The summed E-state index contributed by atoms with van der Waals surface area (Å²) >= 11 is 2.38. The normalized spacial score (nSPS) is 12.1. The quantitative estimate of drug-likeness (QED) is 0.559. The SMILES string of the molecule is COc1ccc(N=C(c2cccc(OC)c2)C(F)(F)Br)cc1. The Morgan fingerprint density at radius 3 is 2.18 bits per heavy atom. The van der Waals surface area contributed by atoms with Gasteiger partial charge in [0, 0.05) is 5.56 Å². The zero-order chi connectivity index (χ0) is 16.2. The van der Waals surface area contributed by atoms with Crippen molar-refractivity contribution in [3.63, 3.8) is 0 Å². The lowest BCUT2D eigenvalue weighted by Gasteiger charge is -2.13. The van der Waals surface area contributed by atoms with Crippen molar-refractivity contribution in [3.05, 3.63) is 54.1 Å². The minimum atomic E-state index is -3.26. The van der Waals surface area contributed by atoms with Gasteiger partial charge in [0.15, 0.2) is 0 Å². The summed E-state index contributed by atoms with van der Waals surface area (Å²) in [6, 6.07) is 12.9. The number of benzene rings is 2.